The number of nitrogens with two attached hydrogens (primary N) is 1. The van der Waals surface area contributed by atoms with E-state index in [2.05, 4.69) is 15.3 Å². The average molecular weight is 277 g/mol. The predicted octanol–water partition coefficient (Wildman–Crippen LogP) is 2.24. The quantitative estimate of drug-likeness (QED) is 0.638. The molecular formula is C10H14Cl2N4O. The molecule has 1 heterocycles. The first-order valence-corrected chi connectivity index (χ1v) is 6.05. The number of nitrogens with one attached hydrogen (secondary N) is 1. The molecule has 0 radical (unpaired) electrons. The summed E-state index contributed by atoms with van der Waals surface area (Å²) in [4.78, 5) is 19.2. The lowest BCUT2D eigenvalue weighted by atomic mass is 10.1. The van der Waals surface area contributed by atoms with Crippen molar-refractivity contribution in [3.05, 3.63) is 16.5 Å². The van der Waals surface area contributed by atoms with Crippen LogP contribution in [0.5, 0.6) is 0 Å². The molecule has 1 atom stereocenters. The Balaban J connectivity index is 2.61. The highest BCUT2D eigenvalue weighted by atomic mass is 35.5. The van der Waals surface area contributed by atoms with Gasteiger partial charge < -0.3 is 11.1 Å². The fourth-order valence-electron chi connectivity index (χ4n) is 1.23. The van der Waals surface area contributed by atoms with E-state index in [1.807, 2.05) is 6.92 Å². The van der Waals surface area contributed by atoms with Gasteiger partial charge in [-0.1, -0.05) is 31.4 Å². The summed E-state index contributed by atoms with van der Waals surface area (Å²) in [5.41, 5.74) is 5.71. The van der Waals surface area contributed by atoms with Gasteiger partial charge in [-0.25, -0.2) is 9.97 Å². The number of hydrogen-bond donors (Lipinski definition) is 2. The molecule has 0 aliphatic rings. The van der Waals surface area contributed by atoms with Crippen molar-refractivity contribution in [2.24, 2.45) is 5.73 Å². The molecule has 0 bridgehead atoms. The van der Waals surface area contributed by atoms with Gasteiger partial charge in [-0.05, 0) is 18.0 Å². The van der Waals surface area contributed by atoms with Crippen molar-refractivity contribution in [2.45, 2.75) is 32.2 Å². The molecule has 0 aromatic carbocycles. The average Bonchev–Trinajstić information content (AvgIpc) is 2.24. The highest BCUT2D eigenvalue weighted by Crippen LogP contribution is 2.14. The van der Waals surface area contributed by atoms with Gasteiger partial charge in [0.1, 0.15) is 11.0 Å². The Bertz CT molecular complexity index is 380. The molecule has 0 fully saturated rings. The van der Waals surface area contributed by atoms with Crippen LogP contribution < -0.4 is 11.1 Å². The number of rotatable bonds is 5. The third kappa shape index (κ3) is 4.85. The molecule has 3 N–H and O–H groups in total. The monoisotopic (exact) mass is 276 g/mol. The van der Waals surface area contributed by atoms with Crippen LogP contribution in [0.15, 0.2) is 6.07 Å². The fraction of sp³-hybridized carbons (Fsp3) is 0.500. The second-order valence-corrected chi connectivity index (χ2v) is 4.31. The molecule has 17 heavy (non-hydrogen) atoms. The van der Waals surface area contributed by atoms with Gasteiger partial charge in [-0.2, -0.15) is 0 Å². The Morgan fingerprint density at radius 3 is 2.82 bits per heavy atom. The second kappa shape index (κ2) is 6.74. The minimum atomic E-state index is -0.553. The standard InChI is InChI=1S/C10H14Cl2N4O/c1-2-3-4-6(13)9(17)15-8-5-7(11)14-10(12)16-8/h5-6H,2-4,13H2,1H3,(H,14,15,16,17). The topological polar surface area (TPSA) is 80.9 Å². The van der Waals surface area contributed by atoms with Gasteiger partial charge in [-0.3, -0.25) is 4.79 Å². The van der Waals surface area contributed by atoms with Crippen LogP contribution in [0.3, 0.4) is 0 Å². The maximum absolute atomic E-state index is 11.7. The molecule has 94 valence electrons. The smallest absolute Gasteiger partial charge is 0.242 e. The maximum atomic E-state index is 11.7. The summed E-state index contributed by atoms with van der Waals surface area (Å²) in [6, 6.07) is 0.861. The van der Waals surface area contributed by atoms with Crippen LogP contribution in [0.4, 0.5) is 5.82 Å². The Kier molecular flexibility index (Phi) is 5.61. The molecule has 1 aromatic rings. The van der Waals surface area contributed by atoms with E-state index in [0.717, 1.165) is 12.8 Å². The van der Waals surface area contributed by atoms with Crippen LogP contribution in [0.1, 0.15) is 26.2 Å². The zero-order valence-electron chi connectivity index (χ0n) is 9.41. The summed E-state index contributed by atoms with van der Waals surface area (Å²) in [6.45, 7) is 2.04. The molecule has 1 unspecified atom stereocenters. The van der Waals surface area contributed by atoms with Crippen molar-refractivity contribution in [1.29, 1.82) is 0 Å². The Labute approximate surface area is 110 Å². The molecular weight excluding hydrogens is 263 g/mol. The molecule has 1 aromatic heterocycles. The van der Waals surface area contributed by atoms with Crippen LogP contribution >= 0.6 is 23.2 Å². The summed E-state index contributed by atoms with van der Waals surface area (Å²) in [7, 11) is 0. The second-order valence-electron chi connectivity index (χ2n) is 3.58. The molecule has 5 nitrogen and oxygen atoms in total. The van der Waals surface area contributed by atoms with Gasteiger partial charge in [0.2, 0.25) is 11.2 Å². The molecule has 0 saturated carbocycles. The number of carbonyl (C=O) groups excluding carboxylic acids is 1. The first kappa shape index (κ1) is 14.2. The first-order chi connectivity index (χ1) is 8.02. The Morgan fingerprint density at radius 2 is 2.24 bits per heavy atom. The zero-order chi connectivity index (χ0) is 12.8. The predicted molar refractivity (Wildman–Crippen MR) is 68.2 cm³/mol. The molecule has 0 aliphatic heterocycles. The molecule has 1 amide bonds. The highest BCUT2D eigenvalue weighted by Gasteiger charge is 2.14. The maximum Gasteiger partial charge on any atom is 0.242 e. The summed E-state index contributed by atoms with van der Waals surface area (Å²) in [5, 5.41) is 2.70. The van der Waals surface area contributed by atoms with Crippen LogP contribution in [0.2, 0.25) is 10.4 Å². The van der Waals surface area contributed by atoms with Crippen molar-refractivity contribution < 1.29 is 4.79 Å². The summed E-state index contributed by atoms with van der Waals surface area (Å²) in [5.74, 6) is -0.0452. The molecule has 0 aliphatic carbocycles. The van der Waals surface area contributed by atoms with Crippen LogP contribution in [-0.4, -0.2) is 21.9 Å². The lowest BCUT2D eigenvalue weighted by molar-refractivity contribution is -0.117. The molecule has 1 rings (SSSR count). The van der Waals surface area contributed by atoms with Crippen molar-refractivity contribution >= 4 is 34.9 Å². The number of aromatic nitrogens is 2. The van der Waals surface area contributed by atoms with Gasteiger partial charge in [0.15, 0.2) is 0 Å². The Hall–Kier alpha value is -0.910. The number of halogens is 2. The van der Waals surface area contributed by atoms with Crippen LogP contribution in [0.25, 0.3) is 0 Å². The molecule has 0 saturated heterocycles. The fourth-order valence-corrected chi connectivity index (χ4v) is 1.64. The minimum absolute atomic E-state index is 0.0186. The summed E-state index contributed by atoms with van der Waals surface area (Å²) >= 11 is 11.3. The summed E-state index contributed by atoms with van der Waals surface area (Å²) in [6.07, 6.45) is 2.53. The van der Waals surface area contributed by atoms with Crippen molar-refractivity contribution in [3.8, 4) is 0 Å². The zero-order valence-corrected chi connectivity index (χ0v) is 10.9. The van der Waals surface area contributed by atoms with Gasteiger partial charge in [0.05, 0.1) is 6.04 Å². The van der Waals surface area contributed by atoms with E-state index >= 15 is 0 Å². The van der Waals surface area contributed by atoms with Crippen molar-refractivity contribution in [1.82, 2.24) is 9.97 Å². The van der Waals surface area contributed by atoms with Crippen LogP contribution in [0, 0.1) is 0 Å². The van der Waals surface area contributed by atoms with Gasteiger partial charge in [0.25, 0.3) is 0 Å². The van der Waals surface area contributed by atoms with E-state index in [1.54, 1.807) is 0 Å². The number of unbranched alkanes of at least 4 members (excludes halogenated alkanes) is 1. The van der Waals surface area contributed by atoms with E-state index in [-0.39, 0.29) is 22.2 Å². The van der Waals surface area contributed by atoms with E-state index in [9.17, 15) is 4.79 Å². The number of nitrogens with zero attached hydrogens (tertiary/aromatic N) is 2. The Morgan fingerprint density at radius 1 is 1.53 bits per heavy atom. The number of anilines is 1. The first-order valence-electron chi connectivity index (χ1n) is 5.29. The lowest BCUT2D eigenvalue weighted by Gasteiger charge is -2.11. The van der Waals surface area contributed by atoms with E-state index < -0.39 is 6.04 Å². The number of carbonyl (C=O) groups is 1. The number of hydrogen-bond acceptors (Lipinski definition) is 4. The molecule has 0 spiro atoms. The van der Waals surface area contributed by atoms with Gasteiger partial charge in [-0.15, -0.1) is 0 Å². The normalized spacial score (nSPS) is 12.2. The third-order valence-electron chi connectivity index (χ3n) is 2.12. The van der Waals surface area contributed by atoms with Crippen LogP contribution in [-0.2, 0) is 4.79 Å². The van der Waals surface area contributed by atoms with E-state index in [4.69, 9.17) is 28.9 Å². The summed E-state index contributed by atoms with van der Waals surface area (Å²) < 4.78 is 0. The lowest BCUT2D eigenvalue weighted by Crippen LogP contribution is -2.35. The van der Waals surface area contributed by atoms with Gasteiger partial charge in [0, 0.05) is 6.07 Å². The largest absolute Gasteiger partial charge is 0.320 e. The molecule has 7 heteroatoms. The SMILES string of the molecule is CCCCC(N)C(=O)Nc1cc(Cl)nc(Cl)n1. The van der Waals surface area contributed by atoms with E-state index in [0.29, 0.717) is 6.42 Å². The third-order valence-corrected chi connectivity index (χ3v) is 2.49. The van der Waals surface area contributed by atoms with E-state index in [1.165, 1.54) is 6.07 Å². The van der Waals surface area contributed by atoms with Crippen molar-refractivity contribution in [3.63, 3.8) is 0 Å². The number of amides is 1. The van der Waals surface area contributed by atoms with Crippen molar-refractivity contribution in [2.75, 3.05) is 5.32 Å². The highest BCUT2D eigenvalue weighted by molar-refractivity contribution is 6.32. The van der Waals surface area contributed by atoms with Gasteiger partial charge >= 0.3 is 0 Å². The minimum Gasteiger partial charge on any atom is -0.320 e.